The van der Waals surface area contributed by atoms with E-state index in [1.54, 1.807) is 0 Å². The molecule has 0 aliphatic carbocycles. The molecule has 2 N–H and O–H groups in total. The van der Waals surface area contributed by atoms with E-state index in [2.05, 4.69) is 34.4 Å². The van der Waals surface area contributed by atoms with Gasteiger partial charge in [-0.15, -0.1) is 0 Å². The average Bonchev–Trinajstić information content (AvgIpc) is 2.49. The van der Waals surface area contributed by atoms with Gasteiger partial charge in [0.2, 0.25) is 0 Å². The fraction of sp³-hybridized carbons (Fsp3) is 0.938. The molecule has 1 aliphatic heterocycles. The molecule has 0 radical (unpaired) electrons. The highest BCUT2D eigenvalue weighted by Gasteiger charge is 2.14. The molecule has 1 rings (SSSR count). The standard InChI is InChI=1S/C16H34N4O/c1-4-17-16(18-9-6-14-21-5-2)19-10-13-20-11-7-15(3)8-12-20/h15H,4-14H2,1-3H3,(H2,17,18,19). The number of nitrogens with zero attached hydrogens (tertiary/aromatic N) is 2. The number of guanidine groups is 1. The van der Waals surface area contributed by atoms with Gasteiger partial charge in [0.1, 0.15) is 0 Å². The lowest BCUT2D eigenvalue weighted by Crippen LogP contribution is -2.43. The Morgan fingerprint density at radius 3 is 2.67 bits per heavy atom. The van der Waals surface area contributed by atoms with Crippen LogP contribution >= 0.6 is 0 Å². The summed E-state index contributed by atoms with van der Waals surface area (Å²) < 4.78 is 5.33. The van der Waals surface area contributed by atoms with E-state index < -0.39 is 0 Å². The highest BCUT2D eigenvalue weighted by Crippen LogP contribution is 2.14. The van der Waals surface area contributed by atoms with Crippen LogP contribution in [0.3, 0.4) is 0 Å². The van der Waals surface area contributed by atoms with E-state index in [4.69, 9.17) is 4.74 Å². The van der Waals surface area contributed by atoms with Crippen molar-refractivity contribution in [3.8, 4) is 0 Å². The van der Waals surface area contributed by atoms with Gasteiger partial charge in [0.15, 0.2) is 5.96 Å². The zero-order valence-corrected chi connectivity index (χ0v) is 14.2. The van der Waals surface area contributed by atoms with E-state index in [-0.39, 0.29) is 0 Å². The fourth-order valence-corrected chi connectivity index (χ4v) is 2.46. The van der Waals surface area contributed by atoms with Gasteiger partial charge in [-0.2, -0.15) is 0 Å². The maximum atomic E-state index is 5.33. The second-order valence-corrected chi connectivity index (χ2v) is 5.76. The monoisotopic (exact) mass is 298 g/mol. The first-order chi connectivity index (χ1) is 10.3. The van der Waals surface area contributed by atoms with Crippen LogP contribution in [0, 0.1) is 5.92 Å². The van der Waals surface area contributed by atoms with Crippen molar-refractivity contribution < 1.29 is 4.74 Å². The Hall–Kier alpha value is -0.810. The SMILES string of the molecule is CCNC(=NCCCOCC)NCCN1CCC(C)CC1. The summed E-state index contributed by atoms with van der Waals surface area (Å²) in [7, 11) is 0. The van der Waals surface area contributed by atoms with Gasteiger partial charge < -0.3 is 20.3 Å². The van der Waals surface area contributed by atoms with Crippen molar-refractivity contribution in [1.29, 1.82) is 0 Å². The lowest BCUT2D eigenvalue weighted by molar-refractivity contribution is 0.146. The van der Waals surface area contributed by atoms with Gasteiger partial charge in [0, 0.05) is 39.4 Å². The van der Waals surface area contributed by atoms with E-state index >= 15 is 0 Å². The van der Waals surface area contributed by atoms with Crippen LogP contribution in [0.2, 0.25) is 0 Å². The zero-order chi connectivity index (χ0) is 15.3. The molecule has 0 aromatic heterocycles. The number of piperidine rings is 1. The number of rotatable bonds is 9. The molecule has 1 heterocycles. The third-order valence-corrected chi connectivity index (χ3v) is 3.86. The molecule has 0 saturated carbocycles. The molecule has 5 nitrogen and oxygen atoms in total. The van der Waals surface area contributed by atoms with Crippen LogP contribution in [0.25, 0.3) is 0 Å². The molecule has 1 saturated heterocycles. The zero-order valence-electron chi connectivity index (χ0n) is 14.2. The van der Waals surface area contributed by atoms with Gasteiger partial charge >= 0.3 is 0 Å². The van der Waals surface area contributed by atoms with E-state index in [1.807, 2.05) is 6.92 Å². The van der Waals surface area contributed by atoms with Crippen molar-refractivity contribution in [3.05, 3.63) is 0 Å². The topological polar surface area (TPSA) is 48.9 Å². The van der Waals surface area contributed by atoms with Gasteiger partial charge in [-0.1, -0.05) is 6.92 Å². The second kappa shape index (κ2) is 11.8. The van der Waals surface area contributed by atoms with Crippen LogP contribution in [0.15, 0.2) is 4.99 Å². The van der Waals surface area contributed by atoms with Crippen molar-refractivity contribution in [3.63, 3.8) is 0 Å². The van der Waals surface area contributed by atoms with Gasteiger partial charge in [0.25, 0.3) is 0 Å². The van der Waals surface area contributed by atoms with Crippen LogP contribution < -0.4 is 10.6 Å². The fourth-order valence-electron chi connectivity index (χ4n) is 2.46. The molecular formula is C16H34N4O. The predicted octanol–water partition coefficient (Wildman–Crippen LogP) is 1.70. The Balaban J connectivity index is 2.16. The summed E-state index contributed by atoms with van der Waals surface area (Å²) in [5.41, 5.74) is 0. The van der Waals surface area contributed by atoms with Crippen molar-refractivity contribution in [2.24, 2.45) is 10.9 Å². The third kappa shape index (κ3) is 8.94. The molecule has 0 amide bonds. The molecule has 0 aromatic carbocycles. The number of ether oxygens (including phenoxy) is 1. The molecule has 0 aromatic rings. The molecule has 1 aliphatic rings. The molecule has 0 unspecified atom stereocenters. The maximum absolute atomic E-state index is 5.33. The summed E-state index contributed by atoms with van der Waals surface area (Å²) in [5, 5.41) is 6.72. The number of likely N-dealkylation sites (tertiary alicyclic amines) is 1. The molecule has 21 heavy (non-hydrogen) atoms. The molecule has 5 heteroatoms. The first-order valence-electron chi connectivity index (χ1n) is 8.58. The molecule has 0 spiro atoms. The summed E-state index contributed by atoms with van der Waals surface area (Å²) in [6, 6.07) is 0. The van der Waals surface area contributed by atoms with E-state index in [9.17, 15) is 0 Å². The van der Waals surface area contributed by atoms with Crippen molar-refractivity contribution in [2.45, 2.75) is 40.0 Å². The van der Waals surface area contributed by atoms with Crippen LogP contribution in [-0.2, 0) is 4.74 Å². The maximum Gasteiger partial charge on any atom is 0.191 e. The minimum atomic E-state index is 0.788. The molecule has 0 atom stereocenters. The van der Waals surface area contributed by atoms with Gasteiger partial charge in [-0.25, -0.2) is 0 Å². The normalized spacial score (nSPS) is 18.0. The summed E-state index contributed by atoms with van der Waals surface area (Å²) >= 11 is 0. The highest BCUT2D eigenvalue weighted by molar-refractivity contribution is 5.79. The summed E-state index contributed by atoms with van der Waals surface area (Å²) in [6.45, 7) is 14.3. The van der Waals surface area contributed by atoms with E-state index in [0.29, 0.717) is 0 Å². The Kier molecular flexibility index (Phi) is 10.3. The average molecular weight is 298 g/mol. The molecule has 1 fully saturated rings. The van der Waals surface area contributed by atoms with Crippen molar-refractivity contribution >= 4 is 5.96 Å². The number of nitrogens with one attached hydrogen (secondary N) is 2. The Morgan fingerprint density at radius 2 is 2.00 bits per heavy atom. The third-order valence-electron chi connectivity index (χ3n) is 3.86. The van der Waals surface area contributed by atoms with Gasteiger partial charge in [0.05, 0.1) is 0 Å². The Labute approximate surface area is 130 Å². The summed E-state index contributed by atoms with van der Waals surface area (Å²) in [6.07, 6.45) is 3.66. The smallest absolute Gasteiger partial charge is 0.191 e. The van der Waals surface area contributed by atoms with E-state index in [1.165, 1.54) is 25.9 Å². The summed E-state index contributed by atoms with van der Waals surface area (Å²) in [5.74, 6) is 1.83. The predicted molar refractivity (Wildman–Crippen MR) is 89.9 cm³/mol. The Bertz CT molecular complexity index is 275. The highest BCUT2D eigenvalue weighted by atomic mass is 16.5. The Morgan fingerprint density at radius 1 is 1.24 bits per heavy atom. The van der Waals surface area contributed by atoms with E-state index in [0.717, 1.165) is 57.7 Å². The van der Waals surface area contributed by atoms with Gasteiger partial charge in [-0.3, -0.25) is 4.99 Å². The summed E-state index contributed by atoms with van der Waals surface area (Å²) in [4.78, 5) is 7.12. The van der Waals surface area contributed by atoms with Crippen LogP contribution in [0.1, 0.15) is 40.0 Å². The first-order valence-corrected chi connectivity index (χ1v) is 8.58. The second-order valence-electron chi connectivity index (χ2n) is 5.76. The van der Waals surface area contributed by atoms with Crippen LogP contribution in [0.4, 0.5) is 0 Å². The van der Waals surface area contributed by atoms with Crippen LogP contribution in [0.5, 0.6) is 0 Å². The minimum absolute atomic E-state index is 0.788. The number of hydrogen-bond donors (Lipinski definition) is 2. The minimum Gasteiger partial charge on any atom is -0.382 e. The van der Waals surface area contributed by atoms with Gasteiger partial charge in [-0.05, 0) is 52.1 Å². The lowest BCUT2D eigenvalue weighted by atomic mass is 9.99. The molecule has 0 bridgehead atoms. The molecule has 124 valence electrons. The first kappa shape index (κ1) is 18.2. The van der Waals surface area contributed by atoms with Crippen LogP contribution in [-0.4, -0.2) is 63.3 Å². The van der Waals surface area contributed by atoms with Crippen molar-refractivity contribution in [2.75, 3.05) is 52.5 Å². The number of hydrogen-bond acceptors (Lipinski definition) is 3. The lowest BCUT2D eigenvalue weighted by Gasteiger charge is -2.30. The van der Waals surface area contributed by atoms with Crippen molar-refractivity contribution in [1.82, 2.24) is 15.5 Å². The quantitative estimate of drug-likeness (QED) is 0.386. The largest absolute Gasteiger partial charge is 0.382 e. The number of aliphatic imine (C=N–C) groups is 1. The molecular weight excluding hydrogens is 264 g/mol.